The zero-order valence-corrected chi connectivity index (χ0v) is 22.8. The van der Waals surface area contributed by atoms with Crippen LogP contribution in [0.3, 0.4) is 0 Å². The number of hydrogen-bond donors (Lipinski definition) is 1. The van der Waals surface area contributed by atoms with Crippen molar-refractivity contribution >= 4 is 17.0 Å². The van der Waals surface area contributed by atoms with Gasteiger partial charge in [0.1, 0.15) is 5.82 Å². The third kappa shape index (κ3) is 5.80. The highest BCUT2D eigenvalue weighted by Crippen LogP contribution is 2.51. The molecule has 2 fully saturated rings. The van der Waals surface area contributed by atoms with Gasteiger partial charge in [-0.15, -0.1) is 0 Å². The van der Waals surface area contributed by atoms with E-state index in [0.29, 0.717) is 11.3 Å². The molecule has 1 aliphatic carbocycles. The molecule has 1 N–H and O–H groups in total. The van der Waals surface area contributed by atoms with Gasteiger partial charge in [0.15, 0.2) is 0 Å². The first-order chi connectivity index (χ1) is 18.0. The molecule has 2 heterocycles. The van der Waals surface area contributed by atoms with Gasteiger partial charge in [0, 0.05) is 35.9 Å². The molecule has 1 aliphatic heterocycles. The van der Waals surface area contributed by atoms with Crippen molar-refractivity contribution in [1.82, 2.24) is 10.3 Å². The minimum absolute atomic E-state index is 0.208. The van der Waals surface area contributed by atoms with Gasteiger partial charge in [0.25, 0.3) is 0 Å². The highest BCUT2D eigenvalue weighted by Gasteiger charge is 2.45. The van der Waals surface area contributed by atoms with E-state index < -0.39 is 0 Å². The smallest absolute Gasteiger partial charge is 0.123 e. The fourth-order valence-electron chi connectivity index (χ4n) is 6.52. The van der Waals surface area contributed by atoms with Gasteiger partial charge in [-0.1, -0.05) is 64.3 Å². The summed E-state index contributed by atoms with van der Waals surface area (Å²) in [5, 5.41) is 6.01. The molecule has 37 heavy (non-hydrogen) atoms. The van der Waals surface area contributed by atoms with Crippen LogP contribution in [0.5, 0.6) is 0 Å². The molecule has 0 radical (unpaired) electrons. The van der Waals surface area contributed by atoms with Gasteiger partial charge >= 0.3 is 0 Å². The number of unbranched alkanes of at least 4 members (excludes halogenated alkanes) is 3. The van der Waals surface area contributed by atoms with E-state index in [9.17, 15) is 4.39 Å². The molecular formula is C33H42FN3. The molecule has 1 spiro atoms. The zero-order chi connectivity index (χ0) is 25.8. The lowest BCUT2D eigenvalue weighted by atomic mass is 9.60. The van der Waals surface area contributed by atoms with Crippen LogP contribution in [0.25, 0.3) is 21.9 Å². The fourth-order valence-corrected chi connectivity index (χ4v) is 6.52. The zero-order valence-electron chi connectivity index (χ0n) is 22.8. The van der Waals surface area contributed by atoms with Crippen molar-refractivity contribution in [3.63, 3.8) is 0 Å². The number of fused-ring (bicyclic) bond motifs is 1. The normalized spacial score (nSPS) is 21.5. The van der Waals surface area contributed by atoms with E-state index in [-0.39, 0.29) is 11.7 Å². The molecule has 4 heteroatoms. The third-order valence-corrected chi connectivity index (χ3v) is 8.45. The first-order valence-electron chi connectivity index (χ1n) is 14.4. The summed E-state index contributed by atoms with van der Waals surface area (Å²) >= 11 is 0. The molecule has 0 atom stereocenters. The highest BCUT2D eigenvalue weighted by atomic mass is 19.1. The molecule has 0 unspecified atom stereocenters. The van der Waals surface area contributed by atoms with Gasteiger partial charge in [-0.3, -0.25) is 9.98 Å². The number of aromatic nitrogens is 1. The summed E-state index contributed by atoms with van der Waals surface area (Å²) in [6.07, 6.45) is 11.9. The molecule has 3 aromatic rings. The Morgan fingerprint density at radius 2 is 1.89 bits per heavy atom. The summed E-state index contributed by atoms with van der Waals surface area (Å²) in [4.78, 5) is 10.1. The lowest BCUT2D eigenvalue weighted by Gasteiger charge is -2.45. The Morgan fingerprint density at radius 3 is 2.59 bits per heavy atom. The van der Waals surface area contributed by atoms with Gasteiger partial charge in [0.05, 0.1) is 5.69 Å². The van der Waals surface area contributed by atoms with Crippen LogP contribution >= 0.6 is 0 Å². The number of nitrogens with zero attached hydrogens (tertiary/aromatic N) is 2. The average Bonchev–Trinajstić information content (AvgIpc) is 3.36. The molecule has 3 nitrogen and oxygen atoms in total. The number of pyridine rings is 1. The predicted octanol–water partition coefficient (Wildman–Crippen LogP) is 8.10. The number of rotatable bonds is 10. The van der Waals surface area contributed by atoms with Crippen molar-refractivity contribution in [3.8, 4) is 11.1 Å². The quantitative estimate of drug-likeness (QED) is 0.226. The van der Waals surface area contributed by atoms with Crippen LogP contribution in [-0.2, 0) is 6.42 Å². The van der Waals surface area contributed by atoms with Gasteiger partial charge in [-0.2, -0.15) is 0 Å². The maximum atomic E-state index is 13.8. The molecule has 1 saturated heterocycles. The lowest BCUT2D eigenvalue weighted by Crippen LogP contribution is -2.40. The Morgan fingerprint density at radius 1 is 1.08 bits per heavy atom. The van der Waals surface area contributed by atoms with E-state index in [1.165, 1.54) is 68.1 Å². The second kappa shape index (κ2) is 11.4. The Labute approximate surface area is 222 Å². The van der Waals surface area contributed by atoms with Crippen LogP contribution in [0.2, 0.25) is 0 Å². The molecule has 1 aromatic heterocycles. The number of hydrogen-bond acceptors (Lipinski definition) is 3. The van der Waals surface area contributed by atoms with E-state index in [1.54, 1.807) is 12.1 Å². The Balaban J connectivity index is 1.52. The molecular weight excluding hydrogens is 457 g/mol. The molecule has 2 aliphatic rings. The standard InChI is InChI=1S/C33H42FN3/c1-4-5-6-7-15-35-21-24-8-13-28-29(17-24)31(26-9-11-27(34)12-10-26)32(23(2)3)37-30(28)18-25-19-33(20-25)14-16-36-22-33/h8-13,17,21,23,25,36H,4-7,14-16,18-20,22H2,1-3H3. The van der Waals surface area contributed by atoms with Crippen molar-refractivity contribution in [1.29, 1.82) is 0 Å². The summed E-state index contributed by atoms with van der Waals surface area (Å²) in [5.74, 6) is 0.766. The molecule has 5 rings (SSSR count). The van der Waals surface area contributed by atoms with Crippen molar-refractivity contribution in [2.45, 2.75) is 78.1 Å². The number of nitrogens with one attached hydrogen (secondary N) is 1. The fraction of sp³-hybridized carbons (Fsp3) is 0.515. The number of aliphatic imine (C=N–C) groups is 1. The Hall–Kier alpha value is -2.59. The average molecular weight is 500 g/mol. The molecule has 0 amide bonds. The van der Waals surface area contributed by atoms with E-state index in [2.05, 4.69) is 44.3 Å². The summed E-state index contributed by atoms with van der Waals surface area (Å²) in [5.41, 5.74) is 6.16. The summed E-state index contributed by atoms with van der Waals surface area (Å²) < 4.78 is 13.8. The van der Waals surface area contributed by atoms with Crippen LogP contribution in [0.15, 0.2) is 47.5 Å². The summed E-state index contributed by atoms with van der Waals surface area (Å²) in [6.45, 7) is 9.89. The van der Waals surface area contributed by atoms with Gasteiger partial charge in [-0.25, -0.2) is 4.39 Å². The highest BCUT2D eigenvalue weighted by molar-refractivity contribution is 6.01. The Kier molecular flexibility index (Phi) is 8.04. The minimum atomic E-state index is -0.208. The molecule has 1 saturated carbocycles. The van der Waals surface area contributed by atoms with Crippen molar-refractivity contribution in [2.24, 2.45) is 16.3 Å². The van der Waals surface area contributed by atoms with Crippen LogP contribution in [0.4, 0.5) is 4.39 Å². The van der Waals surface area contributed by atoms with Gasteiger partial charge in [0.2, 0.25) is 0 Å². The summed E-state index contributed by atoms with van der Waals surface area (Å²) in [6, 6.07) is 13.6. The van der Waals surface area contributed by atoms with Gasteiger partial charge in [-0.05, 0) is 90.6 Å². The van der Waals surface area contributed by atoms with E-state index in [0.717, 1.165) is 41.8 Å². The summed E-state index contributed by atoms with van der Waals surface area (Å²) in [7, 11) is 0. The van der Waals surface area contributed by atoms with Crippen LogP contribution < -0.4 is 5.32 Å². The van der Waals surface area contributed by atoms with Crippen molar-refractivity contribution < 1.29 is 4.39 Å². The second-order valence-electron chi connectivity index (χ2n) is 11.8. The van der Waals surface area contributed by atoms with E-state index >= 15 is 0 Å². The van der Waals surface area contributed by atoms with E-state index in [4.69, 9.17) is 9.98 Å². The predicted molar refractivity (Wildman–Crippen MR) is 154 cm³/mol. The van der Waals surface area contributed by atoms with E-state index in [1.807, 2.05) is 18.3 Å². The molecule has 2 aromatic carbocycles. The monoisotopic (exact) mass is 499 g/mol. The molecule has 0 bridgehead atoms. The van der Waals surface area contributed by atoms with Crippen molar-refractivity contribution in [2.75, 3.05) is 19.6 Å². The maximum Gasteiger partial charge on any atom is 0.123 e. The van der Waals surface area contributed by atoms with Gasteiger partial charge < -0.3 is 5.32 Å². The first-order valence-corrected chi connectivity index (χ1v) is 14.4. The lowest BCUT2D eigenvalue weighted by molar-refractivity contribution is 0.0765. The van der Waals surface area contributed by atoms with Crippen molar-refractivity contribution in [3.05, 3.63) is 65.2 Å². The van der Waals surface area contributed by atoms with Crippen LogP contribution in [0.1, 0.15) is 88.6 Å². The molecule has 196 valence electrons. The largest absolute Gasteiger partial charge is 0.316 e. The second-order valence-corrected chi connectivity index (χ2v) is 11.8. The van der Waals surface area contributed by atoms with Crippen LogP contribution in [0, 0.1) is 17.2 Å². The topological polar surface area (TPSA) is 37.3 Å². The SMILES string of the molecule is CCCCCCN=Cc1ccc2c(CC3CC4(CCNC4)C3)nc(C(C)C)c(-c3ccc(F)cc3)c2c1. The Bertz CT molecular complexity index is 1230. The first kappa shape index (κ1) is 26.0. The third-order valence-electron chi connectivity index (χ3n) is 8.45. The number of benzene rings is 2. The number of halogens is 1. The minimum Gasteiger partial charge on any atom is -0.316 e. The maximum absolute atomic E-state index is 13.8. The van der Waals surface area contributed by atoms with Crippen LogP contribution in [-0.4, -0.2) is 30.8 Å².